The lowest BCUT2D eigenvalue weighted by Crippen LogP contribution is -2.70. The largest absolute Gasteiger partial charge is 0.498 e. The Morgan fingerprint density at radius 3 is 1.98 bits per heavy atom. The molecule has 5 aromatic carbocycles. The van der Waals surface area contributed by atoms with Crippen molar-refractivity contribution in [3.8, 4) is 0 Å². The molecule has 1 unspecified atom stereocenters. The Labute approximate surface area is 346 Å². The van der Waals surface area contributed by atoms with Crippen LogP contribution in [0.2, 0.25) is 0 Å². The van der Waals surface area contributed by atoms with Crippen LogP contribution in [-0.4, -0.2) is 65.9 Å². The second kappa shape index (κ2) is 18.3. The Kier molecular flexibility index (Phi) is 12.6. The van der Waals surface area contributed by atoms with Crippen molar-refractivity contribution in [2.45, 2.75) is 42.2 Å². The van der Waals surface area contributed by atoms with E-state index in [0.717, 1.165) is 11.1 Å². The van der Waals surface area contributed by atoms with Gasteiger partial charge in [-0.3, -0.25) is 24.1 Å². The molecular weight excluding hydrogens is 767 g/mol. The average molecular weight is 810 g/mol. The summed E-state index contributed by atoms with van der Waals surface area (Å²) in [6.45, 7) is 0. The topological polar surface area (TPSA) is 140 Å². The van der Waals surface area contributed by atoms with E-state index in [1.54, 1.807) is 48.5 Å². The summed E-state index contributed by atoms with van der Waals surface area (Å²) in [6, 6.07) is 42.8. The molecule has 12 heteroatoms. The quantitative estimate of drug-likeness (QED) is 0.0833. The molecular formula is C47H43N3O8S. The van der Waals surface area contributed by atoms with Gasteiger partial charge in [-0.05, 0) is 59.4 Å². The van der Waals surface area contributed by atoms with Crippen LogP contribution in [0, 0.1) is 0 Å². The Bertz CT molecular complexity index is 2300. The summed E-state index contributed by atoms with van der Waals surface area (Å²) in [5.41, 5.74) is 2.41. The number of hydrogen-bond donors (Lipinski definition) is 2. The third kappa shape index (κ3) is 8.49. The minimum Gasteiger partial charge on any atom is -0.498 e. The van der Waals surface area contributed by atoms with Gasteiger partial charge >= 0.3 is 11.9 Å². The minimum atomic E-state index is -1.33. The number of carbonyl (C=O) groups is 5. The maximum atomic E-state index is 14.0. The van der Waals surface area contributed by atoms with Crippen molar-refractivity contribution < 1.29 is 38.2 Å². The molecule has 2 aliphatic heterocycles. The summed E-state index contributed by atoms with van der Waals surface area (Å²) >= 11 is 1.37. The number of amides is 3. The molecule has 3 atom stereocenters. The second-order valence-corrected chi connectivity index (χ2v) is 15.2. The number of thioether (sulfide) groups is 1. The van der Waals surface area contributed by atoms with Gasteiger partial charge in [-0.15, -0.1) is 11.8 Å². The summed E-state index contributed by atoms with van der Waals surface area (Å²) in [5, 5.41) is 5.23. The highest BCUT2D eigenvalue weighted by Crippen LogP contribution is 2.43. The smallest absolute Gasteiger partial charge is 0.359 e. The van der Waals surface area contributed by atoms with Crippen LogP contribution < -0.4 is 10.6 Å². The van der Waals surface area contributed by atoms with E-state index in [1.807, 2.05) is 97.1 Å². The fourth-order valence-electron chi connectivity index (χ4n) is 7.59. The summed E-state index contributed by atoms with van der Waals surface area (Å²) < 4.78 is 17.1. The number of β-lactam (4-membered cyclic amide) rings is 1. The molecule has 2 heterocycles. The van der Waals surface area contributed by atoms with E-state index in [9.17, 15) is 24.0 Å². The predicted molar refractivity (Wildman–Crippen MR) is 224 cm³/mol. The van der Waals surface area contributed by atoms with Crippen LogP contribution in [0.5, 0.6) is 0 Å². The Hall–Kier alpha value is -6.66. The first-order chi connectivity index (χ1) is 28.7. The van der Waals surface area contributed by atoms with Gasteiger partial charge in [-0.25, -0.2) is 4.79 Å². The van der Waals surface area contributed by atoms with Crippen molar-refractivity contribution in [3.63, 3.8) is 0 Å². The SMILES string of the molecule is COC(=O)C(CCCC(=O)N[C@@H]1C(=O)N2C(C(=O)OC(c3ccccc3)c3ccccc3)=C(OC)CS[C@@H]12)(c1ccccc1)c1cccc(NC(=O)c2ccccc2)c1. The normalized spacial score (nSPS) is 16.9. The molecule has 0 aliphatic carbocycles. The molecule has 59 heavy (non-hydrogen) atoms. The third-order valence-electron chi connectivity index (χ3n) is 10.5. The zero-order chi connectivity index (χ0) is 41.4. The second-order valence-electron chi connectivity index (χ2n) is 14.1. The molecule has 11 nitrogen and oxygen atoms in total. The van der Waals surface area contributed by atoms with Crippen LogP contribution in [0.4, 0.5) is 5.69 Å². The molecule has 0 spiro atoms. The molecule has 0 bridgehead atoms. The summed E-state index contributed by atoms with van der Waals surface area (Å²) in [6.07, 6.45) is -0.333. The van der Waals surface area contributed by atoms with Crippen LogP contribution in [0.3, 0.4) is 0 Å². The van der Waals surface area contributed by atoms with Gasteiger partial charge in [0, 0.05) is 17.7 Å². The number of carbonyl (C=O) groups excluding carboxylic acids is 5. The van der Waals surface area contributed by atoms with Gasteiger partial charge in [0.2, 0.25) is 5.91 Å². The maximum absolute atomic E-state index is 14.0. The summed E-state index contributed by atoms with van der Waals surface area (Å²) in [4.78, 5) is 69.7. The van der Waals surface area contributed by atoms with Crippen molar-refractivity contribution in [3.05, 3.63) is 185 Å². The van der Waals surface area contributed by atoms with E-state index in [1.165, 1.54) is 30.9 Å². The van der Waals surface area contributed by atoms with Gasteiger partial charge in [0.25, 0.3) is 11.8 Å². The molecule has 1 fully saturated rings. The first-order valence-electron chi connectivity index (χ1n) is 19.2. The van der Waals surface area contributed by atoms with E-state index < -0.39 is 46.7 Å². The standard InChI is InChI=1S/C47H43N3O8S/c1-56-37-30-59-44-39(43(53)50(44)40(37)45(54)58-41(31-17-7-3-8-18-31)32-19-9-4-10-20-32)49-38(51)27-16-28-47(46(55)57-2,34-23-13-6-14-24-34)35-25-15-26-36(29-35)48-42(52)33-21-11-5-12-22-33/h3-15,17-26,29,39,41,44H,16,27-28,30H2,1-2H3,(H,48,52)(H,49,51)/t39-,44+,47?/m1/s1. The molecule has 0 aromatic heterocycles. The molecule has 0 radical (unpaired) electrons. The number of anilines is 1. The Morgan fingerprint density at radius 1 is 0.780 bits per heavy atom. The third-order valence-corrected chi connectivity index (χ3v) is 11.8. The first-order valence-corrected chi connectivity index (χ1v) is 20.2. The minimum absolute atomic E-state index is 0.0107. The molecule has 1 saturated heterocycles. The van der Waals surface area contributed by atoms with Crippen molar-refractivity contribution in [1.82, 2.24) is 10.2 Å². The number of nitrogens with zero attached hydrogens (tertiary/aromatic N) is 1. The molecule has 3 amide bonds. The highest BCUT2D eigenvalue weighted by atomic mass is 32.2. The van der Waals surface area contributed by atoms with Crippen molar-refractivity contribution in [2.75, 3.05) is 25.3 Å². The highest BCUT2D eigenvalue weighted by molar-refractivity contribution is 8.00. The molecule has 2 N–H and O–H groups in total. The molecule has 7 rings (SSSR count). The fourth-order valence-corrected chi connectivity index (χ4v) is 8.90. The lowest BCUT2D eigenvalue weighted by molar-refractivity contribution is -0.155. The van der Waals surface area contributed by atoms with Crippen LogP contribution >= 0.6 is 11.8 Å². The number of ether oxygens (including phenoxy) is 3. The van der Waals surface area contributed by atoms with Crippen molar-refractivity contribution in [1.29, 1.82) is 0 Å². The van der Waals surface area contributed by atoms with Crippen LogP contribution in [0.1, 0.15) is 58.0 Å². The number of rotatable bonds is 15. The molecule has 0 saturated carbocycles. The van der Waals surface area contributed by atoms with Crippen LogP contribution in [0.15, 0.2) is 157 Å². The molecule has 5 aromatic rings. The van der Waals surface area contributed by atoms with E-state index >= 15 is 0 Å². The lowest BCUT2D eigenvalue weighted by atomic mass is 9.71. The van der Waals surface area contributed by atoms with Crippen LogP contribution in [-0.2, 0) is 38.8 Å². The fraction of sp³-hybridized carbons (Fsp3) is 0.213. The van der Waals surface area contributed by atoms with E-state index in [2.05, 4.69) is 10.6 Å². The lowest BCUT2D eigenvalue weighted by Gasteiger charge is -2.49. The number of nitrogens with one attached hydrogen (secondary N) is 2. The predicted octanol–water partition coefficient (Wildman–Crippen LogP) is 7.16. The van der Waals surface area contributed by atoms with E-state index in [4.69, 9.17) is 14.2 Å². The maximum Gasteiger partial charge on any atom is 0.359 e. The summed E-state index contributed by atoms with van der Waals surface area (Å²) in [7, 11) is 2.76. The van der Waals surface area contributed by atoms with Crippen LogP contribution in [0.25, 0.3) is 0 Å². The number of fused-ring (bicyclic) bond motifs is 1. The first kappa shape index (κ1) is 40.5. The molecule has 300 valence electrons. The Morgan fingerprint density at radius 2 is 1.37 bits per heavy atom. The van der Waals surface area contributed by atoms with Crippen molar-refractivity contribution >= 4 is 47.1 Å². The van der Waals surface area contributed by atoms with Gasteiger partial charge < -0.3 is 24.8 Å². The zero-order valence-electron chi connectivity index (χ0n) is 32.5. The van der Waals surface area contributed by atoms with Gasteiger partial charge in [-0.1, -0.05) is 121 Å². The summed E-state index contributed by atoms with van der Waals surface area (Å²) in [5.74, 6) is -1.81. The number of benzene rings is 5. The van der Waals surface area contributed by atoms with Gasteiger partial charge in [0.15, 0.2) is 11.8 Å². The Balaban J connectivity index is 1.06. The monoisotopic (exact) mass is 809 g/mol. The van der Waals surface area contributed by atoms with Gasteiger partial charge in [0.05, 0.1) is 20.0 Å². The highest BCUT2D eigenvalue weighted by Gasteiger charge is 2.55. The number of hydrogen-bond acceptors (Lipinski definition) is 9. The van der Waals surface area contributed by atoms with E-state index in [-0.39, 0.29) is 36.6 Å². The number of esters is 2. The number of methoxy groups -OCH3 is 2. The average Bonchev–Trinajstić information content (AvgIpc) is 3.29. The zero-order valence-corrected chi connectivity index (χ0v) is 33.4. The van der Waals surface area contributed by atoms with E-state index in [0.29, 0.717) is 28.1 Å². The van der Waals surface area contributed by atoms with Gasteiger partial charge in [0.1, 0.15) is 22.6 Å². The van der Waals surface area contributed by atoms with Crippen molar-refractivity contribution in [2.24, 2.45) is 0 Å². The van der Waals surface area contributed by atoms with Gasteiger partial charge in [-0.2, -0.15) is 0 Å². The molecule has 2 aliphatic rings.